The SMILES string of the molecule is O=COCCc1n[nH]c(CC2CCCCC2)n1. The zero-order valence-corrected chi connectivity index (χ0v) is 10.0. The fraction of sp³-hybridized carbons (Fsp3) is 0.750. The van der Waals surface area contributed by atoms with Gasteiger partial charge < -0.3 is 4.74 Å². The van der Waals surface area contributed by atoms with Crippen LogP contribution < -0.4 is 0 Å². The zero-order valence-electron chi connectivity index (χ0n) is 10.0. The fourth-order valence-electron chi connectivity index (χ4n) is 2.40. The number of ether oxygens (including phenoxy) is 1. The van der Waals surface area contributed by atoms with Gasteiger partial charge in [-0.3, -0.25) is 9.89 Å². The molecule has 0 saturated heterocycles. The van der Waals surface area contributed by atoms with Gasteiger partial charge in [0.2, 0.25) is 0 Å². The van der Waals surface area contributed by atoms with Crippen molar-refractivity contribution in [1.29, 1.82) is 0 Å². The first-order valence-electron chi connectivity index (χ1n) is 6.34. The van der Waals surface area contributed by atoms with Crippen molar-refractivity contribution < 1.29 is 9.53 Å². The van der Waals surface area contributed by atoms with Crippen molar-refractivity contribution >= 4 is 6.47 Å². The maximum atomic E-state index is 9.99. The number of aromatic nitrogens is 3. The normalized spacial score (nSPS) is 16.9. The molecule has 0 amide bonds. The van der Waals surface area contributed by atoms with Crippen LogP contribution in [0, 0.1) is 5.92 Å². The summed E-state index contributed by atoms with van der Waals surface area (Å²) in [5.74, 6) is 2.46. The first-order chi connectivity index (χ1) is 8.38. The third kappa shape index (κ3) is 3.84. The van der Waals surface area contributed by atoms with Crippen LogP contribution >= 0.6 is 0 Å². The van der Waals surface area contributed by atoms with Gasteiger partial charge in [0.25, 0.3) is 6.47 Å². The molecule has 5 heteroatoms. The number of aromatic amines is 1. The van der Waals surface area contributed by atoms with E-state index in [1.165, 1.54) is 32.1 Å². The second kappa shape index (κ2) is 6.37. The van der Waals surface area contributed by atoms with E-state index in [0.29, 0.717) is 19.5 Å². The summed E-state index contributed by atoms with van der Waals surface area (Å²) < 4.78 is 4.62. The predicted molar refractivity (Wildman–Crippen MR) is 62.4 cm³/mol. The lowest BCUT2D eigenvalue weighted by Crippen LogP contribution is -2.10. The number of carbonyl (C=O) groups is 1. The lowest BCUT2D eigenvalue weighted by molar-refractivity contribution is -0.128. The Kier molecular flexibility index (Phi) is 4.53. The van der Waals surface area contributed by atoms with Crippen molar-refractivity contribution in [3.05, 3.63) is 11.6 Å². The average Bonchev–Trinajstić information content (AvgIpc) is 2.79. The molecule has 1 N–H and O–H groups in total. The van der Waals surface area contributed by atoms with E-state index in [1.54, 1.807) is 0 Å². The topological polar surface area (TPSA) is 67.9 Å². The summed E-state index contributed by atoms with van der Waals surface area (Å²) >= 11 is 0. The maximum absolute atomic E-state index is 9.99. The Morgan fingerprint density at radius 2 is 2.18 bits per heavy atom. The molecule has 1 aromatic rings. The summed E-state index contributed by atoms with van der Waals surface area (Å²) in [6.45, 7) is 0.805. The van der Waals surface area contributed by atoms with E-state index in [-0.39, 0.29) is 0 Å². The standard InChI is InChI=1S/C12H19N3O2/c16-9-17-7-6-11-13-12(15-14-11)8-10-4-2-1-3-5-10/h9-10H,1-8H2,(H,13,14,15). The van der Waals surface area contributed by atoms with Crippen molar-refractivity contribution in [2.45, 2.75) is 44.9 Å². The molecule has 1 aromatic heterocycles. The van der Waals surface area contributed by atoms with Gasteiger partial charge in [-0.2, -0.15) is 5.10 Å². The van der Waals surface area contributed by atoms with Crippen molar-refractivity contribution in [1.82, 2.24) is 15.2 Å². The van der Waals surface area contributed by atoms with Crippen LogP contribution in [-0.2, 0) is 22.4 Å². The highest BCUT2D eigenvalue weighted by atomic mass is 16.5. The number of nitrogens with zero attached hydrogens (tertiary/aromatic N) is 2. The lowest BCUT2D eigenvalue weighted by Gasteiger charge is -2.19. The Hall–Kier alpha value is -1.39. The molecule has 2 rings (SSSR count). The molecule has 94 valence electrons. The van der Waals surface area contributed by atoms with Gasteiger partial charge in [-0.05, 0) is 5.92 Å². The second-order valence-electron chi connectivity index (χ2n) is 4.62. The number of hydrogen-bond acceptors (Lipinski definition) is 4. The van der Waals surface area contributed by atoms with Crippen molar-refractivity contribution in [2.24, 2.45) is 5.92 Å². The summed E-state index contributed by atoms with van der Waals surface area (Å²) in [5.41, 5.74) is 0. The molecular weight excluding hydrogens is 218 g/mol. The molecule has 0 radical (unpaired) electrons. The summed E-state index contributed by atoms with van der Waals surface area (Å²) in [6, 6.07) is 0. The summed E-state index contributed by atoms with van der Waals surface area (Å²) in [7, 11) is 0. The summed E-state index contributed by atoms with van der Waals surface area (Å²) in [5, 5.41) is 7.10. The zero-order chi connectivity index (χ0) is 11.9. The number of hydrogen-bond donors (Lipinski definition) is 1. The Bertz CT molecular complexity index is 345. The highest BCUT2D eigenvalue weighted by molar-refractivity contribution is 5.36. The van der Waals surface area contributed by atoms with Gasteiger partial charge in [0.05, 0.1) is 6.61 Å². The Balaban J connectivity index is 1.78. The van der Waals surface area contributed by atoms with Crippen LogP contribution in [0.1, 0.15) is 43.8 Å². The van der Waals surface area contributed by atoms with Crippen LogP contribution in [0.3, 0.4) is 0 Å². The van der Waals surface area contributed by atoms with Crippen LogP contribution in [0.4, 0.5) is 0 Å². The lowest BCUT2D eigenvalue weighted by atomic mass is 9.87. The van der Waals surface area contributed by atoms with E-state index in [4.69, 9.17) is 0 Å². The van der Waals surface area contributed by atoms with Gasteiger partial charge in [-0.15, -0.1) is 0 Å². The molecule has 1 aliphatic rings. The summed E-state index contributed by atoms with van der Waals surface area (Å²) in [4.78, 5) is 14.4. The highest BCUT2D eigenvalue weighted by Gasteiger charge is 2.15. The molecule has 1 saturated carbocycles. The molecular formula is C12H19N3O2. The van der Waals surface area contributed by atoms with Gasteiger partial charge in [-0.1, -0.05) is 32.1 Å². The Labute approximate surface area is 101 Å². The first kappa shape index (κ1) is 12.1. The average molecular weight is 237 g/mol. The minimum atomic E-state index is 0.351. The van der Waals surface area contributed by atoms with E-state index in [1.807, 2.05) is 0 Å². The fourth-order valence-corrected chi connectivity index (χ4v) is 2.40. The minimum absolute atomic E-state index is 0.351. The van der Waals surface area contributed by atoms with Gasteiger partial charge >= 0.3 is 0 Å². The van der Waals surface area contributed by atoms with Gasteiger partial charge in [-0.25, -0.2) is 4.98 Å². The third-order valence-electron chi connectivity index (χ3n) is 3.30. The Morgan fingerprint density at radius 3 is 2.94 bits per heavy atom. The molecule has 0 spiro atoms. The molecule has 1 fully saturated rings. The second-order valence-corrected chi connectivity index (χ2v) is 4.62. The smallest absolute Gasteiger partial charge is 0.293 e. The quantitative estimate of drug-likeness (QED) is 0.603. The molecule has 5 nitrogen and oxygen atoms in total. The predicted octanol–water partition coefficient (Wildman–Crippen LogP) is 1.64. The van der Waals surface area contributed by atoms with E-state index in [0.717, 1.165) is 24.0 Å². The van der Waals surface area contributed by atoms with Gasteiger partial charge in [0.15, 0.2) is 5.82 Å². The van der Waals surface area contributed by atoms with Crippen molar-refractivity contribution in [3.63, 3.8) is 0 Å². The Morgan fingerprint density at radius 1 is 1.35 bits per heavy atom. The highest BCUT2D eigenvalue weighted by Crippen LogP contribution is 2.25. The van der Waals surface area contributed by atoms with Crippen LogP contribution in [-0.4, -0.2) is 28.3 Å². The first-order valence-corrected chi connectivity index (χ1v) is 6.34. The van der Waals surface area contributed by atoms with Crippen molar-refractivity contribution in [3.8, 4) is 0 Å². The third-order valence-corrected chi connectivity index (χ3v) is 3.30. The van der Waals surface area contributed by atoms with E-state index < -0.39 is 0 Å². The van der Waals surface area contributed by atoms with Gasteiger partial charge in [0, 0.05) is 12.8 Å². The molecule has 0 aliphatic heterocycles. The van der Waals surface area contributed by atoms with E-state index >= 15 is 0 Å². The monoisotopic (exact) mass is 237 g/mol. The largest absolute Gasteiger partial charge is 0.467 e. The molecule has 17 heavy (non-hydrogen) atoms. The number of H-pyrrole nitrogens is 1. The van der Waals surface area contributed by atoms with Crippen LogP contribution in [0.25, 0.3) is 0 Å². The van der Waals surface area contributed by atoms with Crippen LogP contribution in [0.2, 0.25) is 0 Å². The number of nitrogens with one attached hydrogen (secondary N) is 1. The number of rotatable bonds is 6. The molecule has 1 aliphatic carbocycles. The molecule has 1 heterocycles. The molecule has 0 atom stereocenters. The minimum Gasteiger partial charge on any atom is -0.467 e. The molecule has 0 bridgehead atoms. The summed E-state index contributed by atoms with van der Waals surface area (Å²) in [6.07, 6.45) is 8.27. The van der Waals surface area contributed by atoms with Crippen molar-refractivity contribution in [2.75, 3.05) is 6.61 Å². The molecule has 0 aromatic carbocycles. The van der Waals surface area contributed by atoms with Crippen LogP contribution in [0.5, 0.6) is 0 Å². The van der Waals surface area contributed by atoms with Crippen LogP contribution in [0.15, 0.2) is 0 Å². The van der Waals surface area contributed by atoms with E-state index in [2.05, 4.69) is 19.9 Å². The number of carbonyl (C=O) groups excluding carboxylic acids is 1. The van der Waals surface area contributed by atoms with E-state index in [9.17, 15) is 4.79 Å². The maximum Gasteiger partial charge on any atom is 0.293 e. The van der Waals surface area contributed by atoms with Gasteiger partial charge in [0.1, 0.15) is 5.82 Å². The molecule has 0 unspecified atom stereocenters.